The predicted molar refractivity (Wildman–Crippen MR) is 125 cm³/mol. The van der Waals surface area contributed by atoms with Gasteiger partial charge >= 0.3 is 0 Å². The van der Waals surface area contributed by atoms with Gasteiger partial charge in [0.1, 0.15) is 12.4 Å². The van der Waals surface area contributed by atoms with Gasteiger partial charge in [-0.25, -0.2) is 0 Å². The number of anilines is 1. The van der Waals surface area contributed by atoms with Crippen LogP contribution in [-0.2, 0) is 22.5 Å². The Balaban J connectivity index is 1.52. The number of benzene rings is 2. The number of hydrogen-bond donors (Lipinski definition) is 1. The number of para-hydroxylation sites is 1. The Kier molecular flexibility index (Phi) is 6.89. The molecule has 0 saturated carbocycles. The van der Waals surface area contributed by atoms with E-state index in [9.17, 15) is 4.79 Å². The van der Waals surface area contributed by atoms with Crippen molar-refractivity contribution in [1.82, 2.24) is 4.90 Å². The molecule has 1 aromatic heterocycles. The smallest absolute Gasteiger partial charge is 0.249 e. The van der Waals surface area contributed by atoms with E-state index < -0.39 is 0 Å². The number of hydrogen-bond acceptors (Lipinski definition) is 5. The van der Waals surface area contributed by atoms with Crippen LogP contribution in [0.3, 0.4) is 0 Å². The van der Waals surface area contributed by atoms with Crippen molar-refractivity contribution in [2.24, 2.45) is 0 Å². The summed E-state index contributed by atoms with van der Waals surface area (Å²) in [5.41, 5.74) is 4.50. The highest BCUT2D eigenvalue weighted by atomic mass is 32.1. The van der Waals surface area contributed by atoms with E-state index in [-0.39, 0.29) is 18.6 Å². The van der Waals surface area contributed by atoms with Gasteiger partial charge in [0.05, 0.1) is 12.6 Å². The molecule has 1 atom stereocenters. The summed E-state index contributed by atoms with van der Waals surface area (Å²) in [7, 11) is 1.57. The first-order chi connectivity index (χ1) is 15.2. The second kappa shape index (κ2) is 9.98. The molecule has 4 rings (SSSR count). The number of methoxy groups -OCH3 is 1. The van der Waals surface area contributed by atoms with Crippen molar-refractivity contribution in [3.8, 4) is 5.75 Å². The SMILES string of the molecule is CCOc1ccccc1CNc1ccc(C2c3ccsc3CCN2C(=O)COC)cc1. The van der Waals surface area contributed by atoms with Gasteiger partial charge in [0.2, 0.25) is 5.91 Å². The number of fused-ring (bicyclic) bond motifs is 1. The standard InChI is InChI=1S/C25H28N2O3S/c1-3-30-22-7-5-4-6-19(22)16-26-20-10-8-18(9-11-20)25-21-13-15-31-23(21)12-14-27(25)24(28)17-29-2/h4-11,13,15,25-26H,3,12,14,16-17H2,1-2H3. The molecule has 162 valence electrons. The van der Waals surface area contributed by atoms with Crippen molar-refractivity contribution < 1.29 is 14.3 Å². The molecule has 1 aliphatic heterocycles. The van der Waals surface area contributed by atoms with Gasteiger partial charge in [-0.1, -0.05) is 30.3 Å². The summed E-state index contributed by atoms with van der Waals surface area (Å²) in [5.74, 6) is 0.938. The largest absolute Gasteiger partial charge is 0.494 e. The van der Waals surface area contributed by atoms with Gasteiger partial charge in [0, 0.05) is 36.3 Å². The maximum atomic E-state index is 12.7. The molecule has 2 heterocycles. The van der Waals surface area contributed by atoms with E-state index in [0.29, 0.717) is 19.7 Å². The van der Waals surface area contributed by atoms with Crippen molar-refractivity contribution in [1.29, 1.82) is 0 Å². The lowest BCUT2D eigenvalue weighted by atomic mass is 9.93. The van der Waals surface area contributed by atoms with Gasteiger partial charge in [-0.05, 0) is 54.1 Å². The van der Waals surface area contributed by atoms with E-state index in [1.54, 1.807) is 18.4 Å². The second-order valence-electron chi connectivity index (χ2n) is 7.49. The summed E-state index contributed by atoms with van der Waals surface area (Å²) in [4.78, 5) is 16.0. The van der Waals surface area contributed by atoms with Gasteiger partial charge < -0.3 is 19.7 Å². The Morgan fingerprint density at radius 2 is 1.97 bits per heavy atom. The Morgan fingerprint density at radius 1 is 1.16 bits per heavy atom. The summed E-state index contributed by atoms with van der Waals surface area (Å²) in [6, 6.07) is 18.6. The number of rotatable bonds is 8. The third kappa shape index (κ3) is 4.75. The molecule has 0 spiro atoms. The quantitative estimate of drug-likeness (QED) is 0.547. The zero-order valence-electron chi connectivity index (χ0n) is 18.0. The molecule has 1 aliphatic rings. The maximum Gasteiger partial charge on any atom is 0.249 e. The molecule has 1 amide bonds. The Morgan fingerprint density at radius 3 is 2.74 bits per heavy atom. The summed E-state index contributed by atoms with van der Waals surface area (Å²) < 4.78 is 10.8. The van der Waals surface area contributed by atoms with E-state index in [1.165, 1.54) is 10.4 Å². The van der Waals surface area contributed by atoms with Crippen LogP contribution in [0, 0.1) is 0 Å². The lowest BCUT2D eigenvalue weighted by molar-refractivity contribution is -0.137. The first-order valence-corrected chi connectivity index (χ1v) is 11.5. The maximum absolute atomic E-state index is 12.7. The van der Waals surface area contributed by atoms with Crippen LogP contribution in [0.2, 0.25) is 0 Å². The average molecular weight is 437 g/mol. The minimum atomic E-state index is -0.0645. The van der Waals surface area contributed by atoms with Crippen LogP contribution in [0.5, 0.6) is 5.75 Å². The number of carbonyl (C=O) groups excluding carboxylic acids is 1. The fourth-order valence-corrected chi connectivity index (χ4v) is 4.98. The Labute approximate surface area is 187 Å². The number of thiophene rings is 1. The van der Waals surface area contributed by atoms with E-state index >= 15 is 0 Å². The number of amides is 1. The molecule has 0 fully saturated rings. The number of nitrogens with one attached hydrogen (secondary N) is 1. The summed E-state index contributed by atoms with van der Waals surface area (Å²) in [6.07, 6.45) is 0.901. The highest BCUT2D eigenvalue weighted by molar-refractivity contribution is 7.10. The molecule has 0 radical (unpaired) electrons. The zero-order valence-corrected chi connectivity index (χ0v) is 18.8. The molecule has 3 aromatic rings. The van der Waals surface area contributed by atoms with E-state index in [2.05, 4.69) is 47.1 Å². The fourth-order valence-electron chi connectivity index (χ4n) is 4.08. The third-order valence-corrected chi connectivity index (χ3v) is 6.53. The average Bonchev–Trinajstić information content (AvgIpc) is 3.27. The zero-order chi connectivity index (χ0) is 21.6. The van der Waals surface area contributed by atoms with Crippen molar-refractivity contribution in [2.75, 3.05) is 32.2 Å². The summed E-state index contributed by atoms with van der Waals surface area (Å²) >= 11 is 1.77. The molecule has 1 N–H and O–H groups in total. The predicted octanol–water partition coefficient (Wildman–Crippen LogP) is 4.88. The fraction of sp³-hybridized carbons (Fsp3) is 0.320. The van der Waals surface area contributed by atoms with Crippen LogP contribution in [0.1, 0.15) is 34.5 Å². The normalized spacial score (nSPS) is 15.4. The van der Waals surface area contributed by atoms with Crippen LogP contribution in [0.25, 0.3) is 0 Å². The third-order valence-electron chi connectivity index (χ3n) is 5.54. The molecule has 5 nitrogen and oxygen atoms in total. The monoisotopic (exact) mass is 436 g/mol. The first-order valence-electron chi connectivity index (χ1n) is 10.6. The van der Waals surface area contributed by atoms with Crippen LogP contribution < -0.4 is 10.1 Å². The van der Waals surface area contributed by atoms with Crippen LogP contribution in [0.15, 0.2) is 60.0 Å². The molecule has 0 saturated heterocycles. The van der Waals surface area contributed by atoms with Gasteiger partial charge in [0.15, 0.2) is 0 Å². The topological polar surface area (TPSA) is 50.8 Å². The molecule has 0 aliphatic carbocycles. The molecule has 2 aromatic carbocycles. The summed E-state index contributed by atoms with van der Waals surface area (Å²) in [6.45, 7) is 4.15. The van der Waals surface area contributed by atoms with E-state index in [0.717, 1.165) is 29.0 Å². The molecular weight excluding hydrogens is 408 g/mol. The van der Waals surface area contributed by atoms with Crippen LogP contribution in [-0.4, -0.2) is 37.7 Å². The Hall–Kier alpha value is -2.83. The van der Waals surface area contributed by atoms with Crippen molar-refractivity contribution >= 4 is 22.9 Å². The van der Waals surface area contributed by atoms with Gasteiger partial charge in [-0.2, -0.15) is 0 Å². The van der Waals surface area contributed by atoms with Gasteiger partial charge in [0.25, 0.3) is 0 Å². The molecule has 1 unspecified atom stereocenters. The lowest BCUT2D eigenvalue weighted by Gasteiger charge is -2.36. The highest BCUT2D eigenvalue weighted by Gasteiger charge is 2.32. The van der Waals surface area contributed by atoms with E-state index in [4.69, 9.17) is 9.47 Å². The van der Waals surface area contributed by atoms with Gasteiger partial charge in [-0.3, -0.25) is 4.79 Å². The molecule has 0 bridgehead atoms. The first kappa shape index (κ1) is 21.4. The molecular formula is C25H28N2O3S. The van der Waals surface area contributed by atoms with Crippen molar-refractivity contribution in [3.63, 3.8) is 0 Å². The van der Waals surface area contributed by atoms with E-state index in [1.807, 2.05) is 30.0 Å². The second-order valence-corrected chi connectivity index (χ2v) is 8.49. The highest BCUT2D eigenvalue weighted by Crippen LogP contribution is 2.38. The van der Waals surface area contributed by atoms with Crippen LogP contribution in [0.4, 0.5) is 5.69 Å². The molecule has 31 heavy (non-hydrogen) atoms. The van der Waals surface area contributed by atoms with Gasteiger partial charge in [-0.15, -0.1) is 11.3 Å². The molecule has 6 heteroatoms. The minimum absolute atomic E-state index is 0.0269. The Bertz CT molecular complexity index is 1020. The van der Waals surface area contributed by atoms with Crippen LogP contribution >= 0.6 is 11.3 Å². The summed E-state index contributed by atoms with van der Waals surface area (Å²) in [5, 5.41) is 5.60. The number of carbonyl (C=O) groups is 1. The number of ether oxygens (including phenoxy) is 2. The lowest BCUT2D eigenvalue weighted by Crippen LogP contribution is -2.41. The minimum Gasteiger partial charge on any atom is -0.494 e. The number of nitrogens with zero attached hydrogens (tertiary/aromatic N) is 1. The van der Waals surface area contributed by atoms with Crippen molar-refractivity contribution in [3.05, 3.63) is 81.5 Å². The van der Waals surface area contributed by atoms with Crippen molar-refractivity contribution in [2.45, 2.75) is 25.9 Å².